The summed E-state index contributed by atoms with van der Waals surface area (Å²) in [6.07, 6.45) is 4.17. The zero-order valence-electron chi connectivity index (χ0n) is 19.6. The van der Waals surface area contributed by atoms with E-state index in [0.29, 0.717) is 5.52 Å². The van der Waals surface area contributed by atoms with Gasteiger partial charge in [0.15, 0.2) is 5.82 Å². The average molecular weight is 521 g/mol. The number of phenols is 1. The number of azo groups is 1. The molecule has 1 unspecified atom stereocenters. The number of phenolic OH excluding ortho intramolecular Hbond substituents is 1. The second kappa shape index (κ2) is 10.4. The number of amides is 1. The molecule has 1 amide bonds. The van der Waals surface area contributed by atoms with Gasteiger partial charge in [-0.3, -0.25) is 9.59 Å². The van der Waals surface area contributed by atoms with Gasteiger partial charge in [-0.2, -0.15) is 20.2 Å². The molecule has 3 heterocycles. The molecule has 0 bridgehead atoms. The molecule has 0 fully saturated rings. The molecule has 3 aromatic heterocycles. The van der Waals surface area contributed by atoms with E-state index >= 15 is 0 Å². The normalized spacial score (nSPS) is 11.8. The maximum Gasteiger partial charge on any atom is 0.259 e. The number of fused-ring (bicyclic) bond motifs is 1. The van der Waals surface area contributed by atoms with Crippen LogP contribution in [-0.2, 0) is 4.79 Å². The van der Waals surface area contributed by atoms with Crippen molar-refractivity contribution < 1.29 is 9.90 Å². The number of aromatic nitrogens is 6. The summed E-state index contributed by atoms with van der Waals surface area (Å²) >= 11 is 0. The third-order valence-corrected chi connectivity index (χ3v) is 5.36. The minimum Gasteiger partial charge on any atom is -0.506 e. The van der Waals surface area contributed by atoms with E-state index in [9.17, 15) is 24.9 Å². The number of benzene rings is 2. The highest BCUT2D eigenvalue weighted by Crippen LogP contribution is 2.30. The Morgan fingerprint density at radius 3 is 2.69 bits per heavy atom. The van der Waals surface area contributed by atoms with Crippen LogP contribution in [0.3, 0.4) is 0 Å². The van der Waals surface area contributed by atoms with Crippen LogP contribution in [0.1, 0.15) is 17.4 Å². The molecule has 5 aromatic rings. The summed E-state index contributed by atoms with van der Waals surface area (Å²) in [5.74, 6) is -1.41. The molecular weight excluding hydrogens is 506 g/mol. The molecule has 0 aliphatic heterocycles. The molecule has 15 heteroatoms. The highest BCUT2D eigenvalue weighted by Gasteiger charge is 2.26. The number of nitrogens with zero attached hydrogens (tertiary/aromatic N) is 9. The number of anilines is 1. The number of hydrogen-bond donors (Lipinski definition) is 3. The SMILES string of the molecule is N#Cc1cnn(-c2ncccn2)c1N=NC(C(=O)Nc1ccc(N=O)cc1O)c1nc2ccccc2c(=O)[nH]1. The van der Waals surface area contributed by atoms with Crippen molar-refractivity contribution >= 4 is 34.0 Å². The first-order valence-corrected chi connectivity index (χ1v) is 11.1. The van der Waals surface area contributed by atoms with Gasteiger partial charge >= 0.3 is 0 Å². The second-order valence-electron chi connectivity index (χ2n) is 7.82. The molecule has 190 valence electrons. The fraction of sp³-hybridized carbons (Fsp3) is 0.0417. The molecule has 3 N–H and O–H groups in total. The van der Waals surface area contributed by atoms with Gasteiger partial charge in [-0.15, -0.1) is 10.0 Å². The smallest absolute Gasteiger partial charge is 0.259 e. The standard InChI is InChI=1S/C24H15N11O4/c25-11-13-12-28-35(24-26-8-3-9-27-24)21(13)33-32-19(20-29-16-5-2-1-4-15(16)22(37)31-20)23(38)30-17-7-6-14(34-39)10-18(17)36/h1-10,12,19,36H,(H,30,38)(H,29,31,37). The predicted octanol–water partition coefficient (Wildman–Crippen LogP) is 3.34. The Morgan fingerprint density at radius 2 is 1.95 bits per heavy atom. The number of aromatic amines is 1. The summed E-state index contributed by atoms with van der Waals surface area (Å²) in [5.41, 5.74) is -0.318. The highest BCUT2D eigenvalue weighted by molar-refractivity contribution is 5.96. The largest absolute Gasteiger partial charge is 0.506 e. The summed E-state index contributed by atoms with van der Waals surface area (Å²) in [6, 6.07) is 12.1. The molecule has 1 atom stereocenters. The molecule has 0 saturated heterocycles. The number of aromatic hydroxyl groups is 1. The van der Waals surface area contributed by atoms with E-state index in [2.05, 4.69) is 45.8 Å². The van der Waals surface area contributed by atoms with Gasteiger partial charge in [0, 0.05) is 18.5 Å². The first-order valence-electron chi connectivity index (χ1n) is 11.1. The lowest BCUT2D eigenvalue weighted by Crippen LogP contribution is -2.24. The molecule has 0 saturated carbocycles. The minimum atomic E-state index is -1.56. The van der Waals surface area contributed by atoms with Gasteiger partial charge in [-0.25, -0.2) is 15.0 Å². The van der Waals surface area contributed by atoms with Crippen LogP contribution >= 0.6 is 0 Å². The van der Waals surface area contributed by atoms with E-state index in [1.807, 2.05) is 6.07 Å². The predicted molar refractivity (Wildman–Crippen MR) is 136 cm³/mol. The number of nitrogens with one attached hydrogen (secondary N) is 2. The van der Waals surface area contributed by atoms with E-state index in [1.165, 1.54) is 30.7 Å². The van der Waals surface area contributed by atoms with Crippen molar-refractivity contribution in [3.63, 3.8) is 0 Å². The Balaban J connectivity index is 1.60. The molecule has 5 rings (SSSR count). The van der Waals surface area contributed by atoms with Crippen LogP contribution in [-0.4, -0.2) is 40.7 Å². The van der Waals surface area contributed by atoms with Gasteiger partial charge < -0.3 is 15.4 Å². The number of hydrogen-bond acceptors (Lipinski definition) is 12. The molecule has 2 aromatic carbocycles. The number of carbonyl (C=O) groups is 1. The maximum absolute atomic E-state index is 13.4. The third-order valence-electron chi connectivity index (χ3n) is 5.36. The Morgan fingerprint density at radius 1 is 1.15 bits per heavy atom. The number of nitriles is 1. The van der Waals surface area contributed by atoms with Crippen LogP contribution in [0, 0.1) is 16.2 Å². The summed E-state index contributed by atoms with van der Waals surface area (Å²) in [6.45, 7) is 0. The van der Waals surface area contributed by atoms with Crippen molar-refractivity contribution in [3.8, 4) is 17.8 Å². The summed E-state index contributed by atoms with van der Waals surface area (Å²) in [4.78, 5) is 52.0. The van der Waals surface area contributed by atoms with Gasteiger partial charge in [0.25, 0.3) is 17.4 Å². The quantitative estimate of drug-likeness (QED) is 0.162. The summed E-state index contributed by atoms with van der Waals surface area (Å²) in [5, 5.41) is 37.5. The van der Waals surface area contributed by atoms with E-state index < -0.39 is 23.3 Å². The Labute approximate surface area is 217 Å². The van der Waals surface area contributed by atoms with Crippen molar-refractivity contribution in [1.82, 2.24) is 29.7 Å². The Hall–Kier alpha value is -6.17. The van der Waals surface area contributed by atoms with Crippen molar-refractivity contribution in [2.24, 2.45) is 15.4 Å². The van der Waals surface area contributed by atoms with Gasteiger partial charge in [0.05, 0.1) is 22.8 Å². The van der Waals surface area contributed by atoms with Crippen molar-refractivity contribution in [2.45, 2.75) is 6.04 Å². The van der Waals surface area contributed by atoms with E-state index in [1.54, 1.807) is 30.3 Å². The van der Waals surface area contributed by atoms with Gasteiger partial charge in [-0.05, 0) is 35.5 Å². The van der Waals surface area contributed by atoms with Crippen LogP contribution in [0.25, 0.3) is 16.9 Å². The number of rotatable bonds is 7. The van der Waals surface area contributed by atoms with Gasteiger partial charge in [-0.1, -0.05) is 12.1 Å². The topological polar surface area (TPSA) is 217 Å². The molecule has 0 aliphatic carbocycles. The van der Waals surface area contributed by atoms with Crippen molar-refractivity contribution in [2.75, 3.05) is 5.32 Å². The number of nitroso groups, excluding NO2 is 1. The second-order valence-corrected chi connectivity index (χ2v) is 7.82. The lowest BCUT2D eigenvalue weighted by atomic mass is 10.2. The van der Waals surface area contributed by atoms with Crippen molar-refractivity contribution in [1.29, 1.82) is 5.26 Å². The van der Waals surface area contributed by atoms with Gasteiger partial charge in [0.2, 0.25) is 6.04 Å². The van der Waals surface area contributed by atoms with Gasteiger partial charge in [0.1, 0.15) is 28.9 Å². The zero-order chi connectivity index (χ0) is 27.4. The monoisotopic (exact) mass is 521 g/mol. The number of para-hydroxylation sites is 1. The van der Waals surface area contributed by atoms with E-state index in [4.69, 9.17) is 0 Å². The van der Waals surface area contributed by atoms with Crippen molar-refractivity contribution in [3.05, 3.63) is 93.8 Å². The van der Waals surface area contributed by atoms with Crippen LogP contribution in [0.2, 0.25) is 0 Å². The Kier molecular flexibility index (Phi) is 6.56. The molecule has 0 spiro atoms. The van der Waals surface area contributed by atoms with Crippen LogP contribution in [0.15, 0.2) is 87.3 Å². The molecule has 15 nitrogen and oxygen atoms in total. The lowest BCUT2D eigenvalue weighted by Gasteiger charge is -2.13. The molecule has 0 aliphatic rings. The van der Waals surface area contributed by atoms with Crippen LogP contribution in [0.4, 0.5) is 17.2 Å². The first-order chi connectivity index (χ1) is 19.0. The van der Waals surface area contributed by atoms with E-state index in [0.717, 1.165) is 10.7 Å². The van der Waals surface area contributed by atoms with E-state index in [-0.39, 0.29) is 39.9 Å². The molecule has 0 radical (unpaired) electrons. The highest BCUT2D eigenvalue weighted by atomic mass is 16.3. The lowest BCUT2D eigenvalue weighted by molar-refractivity contribution is -0.117. The van der Waals surface area contributed by atoms with Crippen LogP contribution in [0.5, 0.6) is 5.75 Å². The fourth-order valence-corrected chi connectivity index (χ4v) is 3.53. The molecule has 39 heavy (non-hydrogen) atoms. The zero-order valence-corrected chi connectivity index (χ0v) is 19.6. The molecular formula is C24H15N11O4. The average Bonchev–Trinajstić information content (AvgIpc) is 3.37. The Bertz CT molecular complexity index is 1840. The fourth-order valence-electron chi connectivity index (χ4n) is 3.53. The number of carbonyl (C=O) groups excluding carboxylic acids is 1. The van der Waals surface area contributed by atoms with Crippen LogP contribution < -0.4 is 10.9 Å². The first kappa shape index (κ1) is 24.5. The summed E-state index contributed by atoms with van der Waals surface area (Å²) < 4.78 is 1.16. The minimum absolute atomic E-state index is 0.0138. The third kappa shape index (κ3) is 4.93. The summed E-state index contributed by atoms with van der Waals surface area (Å²) in [7, 11) is 0. The number of H-pyrrole nitrogens is 1. The maximum atomic E-state index is 13.4.